The fourth-order valence-corrected chi connectivity index (χ4v) is 7.00. The number of thiophene rings is 1. The number of aliphatic hydroxyl groups excluding tert-OH is 1. The predicted molar refractivity (Wildman–Crippen MR) is 156 cm³/mol. The van der Waals surface area contributed by atoms with Crippen LogP contribution in [0.3, 0.4) is 0 Å². The molecular formula is C33H34O6S. The van der Waals surface area contributed by atoms with E-state index in [0.29, 0.717) is 19.4 Å². The number of aliphatic hydroxyl groups is 1. The van der Waals surface area contributed by atoms with Crippen LogP contribution in [0.1, 0.15) is 48.8 Å². The van der Waals surface area contributed by atoms with Crippen molar-refractivity contribution >= 4 is 27.4 Å². The van der Waals surface area contributed by atoms with Crippen LogP contribution in [-0.2, 0) is 21.6 Å². The first-order chi connectivity index (χ1) is 19.4. The quantitative estimate of drug-likeness (QED) is 0.233. The van der Waals surface area contributed by atoms with E-state index in [1.165, 1.54) is 26.8 Å². The van der Waals surface area contributed by atoms with Gasteiger partial charge in [-0.15, -0.1) is 11.3 Å². The van der Waals surface area contributed by atoms with Gasteiger partial charge in [0.15, 0.2) is 0 Å². The van der Waals surface area contributed by atoms with Crippen LogP contribution in [0.5, 0.6) is 11.5 Å². The maximum Gasteiger partial charge on any atom is 0.304 e. The number of rotatable bonds is 9. The molecule has 0 spiro atoms. The zero-order chi connectivity index (χ0) is 27.7. The SMILES string of the molecule is Cc1cc(OC2CCOCC2)ccc1-c1csc2ccc(COc3ccc([C@]4(CC(=O)O)C[C@H](O)C4)cc3)cc12. The second-order valence-corrected chi connectivity index (χ2v) is 12.0. The van der Waals surface area contributed by atoms with E-state index in [1.807, 2.05) is 24.3 Å². The molecule has 208 valence electrons. The largest absolute Gasteiger partial charge is 0.490 e. The van der Waals surface area contributed by atoms with Gasteiger partial charge in [-0.1, -0.05) is 24.3 Å². The molecule has 0 bridgehead atoms. The third kappa shape index (κ3) is 5.59. The van der Waals surface area contributed by atoms with Crippen LogP contribution in [0.15, 0.2) is 66.0 Å². The number of ether oxygens (including phenoxy) is 3. The van der Waals surface area contributed by atoms with Crippen molar-refractivity contribution in [1.29, 1.82) is 0 Å². The number of carbonyl (C=O) groups is 1. The molecule has 1 aliphatic carbocycles. The third-order valence-electron chi connectivity index (χ3n) is 8.21. The highest BCUT2D eigenvalue weighted by Gasteiger charge is 2.46. The van der Waals surface area contributed by atoms with Gasteiger partial charge in [0.25, 0.3) is 0 Å². The van der Waals surface area contributed by atoms with Gasteiger partial charge in [0.05, 0.1) is 25.7 Å². The summed E-state index contributed by atoms with van der Waals surface area (Å²) in [4.78, 5) is 11.4. The summed E-state index contributed by atoms with van der Waals surface area (Å²) in [6.07, 6.45) is 2.64. The summed E-state index contributed by atoms with van der Waals surface area (Å²) < 4.78 is 19.0. The van der Waals surface area contributed by atoms with Crippen molar-refractivity contribution in [2.45, 2.75) is 63.3 Å². The fraction of sp³-hybridized carbons (Fsp3) is 0.364. The molecule has 0 atom stereocenters. The first-order valence-corrected chi connectivity index (χ1v) is 14.8. The van der Waals surface area contributed by atoms with Crippen LogP contribution in [0.2, 0.25) is 0 Å². The lowest BCUT2D eigenvalue weighted by Crippen LogP contribution is -2.46. The molecule has 6 rings (SSSR count). The number of hydrogen-bond acceptors (Lipinski definition) is 6. The van der Waals surface area contributed by atoms with Crippen LogP contribution in [0.4, 0.5) is 0 Å². The Kier molecular flexibility index (Phi) is 7.53. The Bertz CT molecular complexity index is 1500. The van der Waals surface area contributed by atoms with Crippen molar-refractivity contribution in [3.8, 4) is 22.6 Å². The van der Waals surface area contributed by atoms with Gasteiger partial charge in [-0.25, -0.2) is 0 Å². The zero-order valence-corrected chi connectivity index (χ0v) is 23.4. The molecule has 7 heteroatoms. The zero-order valence-electron chi connectivity index (χ0n) is 22.6. The topological polar surface area (TPSA) is 85.2 Å². The number of aryl methyl sites for hydroxylation is 1. The van der Waals surface area contributed by atoms with Crippen molar-refractivity contribution < 1.29 is 29.2 Å². The second kappa shape index (κ2) is 11.2. The minimum atomic E-state index is -0.843. The second-order valence-electron chi connectivity index (χ2n) is 11.1. The van der Waals surface area contributed by atoms with Gasteiger partial charge in [0, 0.05) is 33.9 Å². The number of hydrogen-bond donors (Lipinski definition) is 2. The number of fused-ring (bicyclic) bond motifs is 1. The molecule has 0 amide bonds. The smallest absolute Gasteiger partial charge is 0.304 e. The van der Waals surface area contributed by atoms with Crippen molar-refractivity contribution in [2.24, 2.45) is 0 Å². The van der Waals surface area contributed by atoms with E-state index < -0.39 is 17.5 Å². The molecular weight excluding hydrogens is 524 g/mol. The monoisotopic (exact) mass is 558 g/mol. The van der Waals surface area contributed by atoms with E-state index in [4.69, 9.17) is 14.2 Å². The molecule has 0 unspecified atom stereocenters. The Hall–Kier alpha value is -3.39. The summed E-state index contributed by atoms with van der Waals surface area (Å²) in [5.74, 6) is 0.802. The van der Waals surface area contributed by atoms with Crippen LogP contribution >= 0.6 is 11.3 Å². The van der Waals surface area contributed by atoms with Gasteiger partial charge in [-0.2, -0.15) is 0 Å². The van der Waals surface area contributed by atoms with E-state index in [1.54, 1.807) is 11.3 Å². The van der Waals surface area contributed by atoms with Gasteiger partial charge in [-0.05, 0) is 83.8 Å². The van der Waals surface area contributed by atoms with Crippen LogP contribution in [-0.4, -0.2) is 41.6 Å². The minimum absolute atomic E-state index is 0.0262. The lowest BCUT2D eigenvalue weighted by molar-refractivity contribution is -0.140. The molecule has 4 aromatic rings. The lowest BCUT2D eigenvalue weighted by atomic mass is 9.61. The fourth-order valence-electron chi connectivity index (χ4n) is 6.06. The van der Waals surface area contributed by atoms with Gasteiger partial charge in [0.2, 0.25) is 0 Å². The highest BCUT2D eigenvalue weighted by Crippen LogP contribution is 2.47. The van der Waals surface area contributed by atoms with Gasteiger partial charge < -0.3 is 24.4 Å². The average molecular weight is 559 g/mol. The number of aliphatic carboxylic acids is 1. The van der Waals surface area contributed by atoms with E-state index in [-0.39, 0.29) is 12.5 Å². The summed E-state index contributed by atoms with van der Waals surface area (Å²) in [5.41, 5.74) is 5.14. The summed E-state index contributed by atoms with van der Waals surface area (Å²) in [7, 11) is 0. The molecule has 1 aliphatic heterocycles. The van der Waals surface area contributed by atoms with Crippen molar-refractivity contribution in [1.82, 2.24) is 0 Å². The highest BCUT2D eigenvalue weighted by atomic mass is 32.1. The Morgan fingerprint density at radius 1 is 1.00 bits per heavy atom. The number of carboxylic acids is 1. The van der Waals surface area contributed by atoms with Gasteiger partial charge in [-0.3, -0.25) is 4.79 Å². The van der Waals surface area contributed by atoms with Crippen molar-refractivity contribution in [3.63, 3.8) is 0 Å². The van der Waals surface area contributed by atoms with E-state index in [9.17, 15) is 15.0 Å². The van der Waals surface area contributed by atoms with E-state index in [2.05, 4.69) is 48.7 Å². The Labute approximate surface area is 238 Å². The Balaban J connectivity index is 1.15. The molecule has 1 saturated carbocycles. The van der Waals surface area contributed by atoms with Crippen molar-refractivity contribution in [3.05, 3.63) is 82.7 Å². The first-order valence-electron chi connectivity index (χ1n) is 13.9. The van der Waals surface area contributed by atoms with Crippen molar-refractivity contribution in [2.75, 3.05) is 13.2 Å². The molecule has 2 aliphatic rings. The average Bonchev–Trinajstić information content (AvgIpc) is 3.34. The molecule has 2 fully saturated rings. The normalized spacial score (nSPS) is 21.2. The van der Waals surface area contributed by atoms with Gasteiger partial charge in [0.1, 0.15) is 24.2 Å². The van der Waals surface area contributed by atoms with Crippen LogP contribution in [0, 0.1) is 6.92 Å². The predicted octanol–water partition coefficient (Wildman–Crippen LogP) is 6.88. The van der Waals surface area contributed by atoms with Crippen LogP contribution in [0.25, 0.3) is 21.2 Å². The minimum Gasteiger partial charge on any atom is -0.490 e. The summed E-state index contributed by atoms with van der Waals surface area (Å²) in [6, 6.07) is 20.5. The lowest BCUT2D eigenvalue weighted by Gasteiger charge is -2.45. The van der Waals surface area contributed by atoms with E-state index in [0.717, 1.165) is 48.7 Å². The molecule has 6 nitrogen and oxygen atoms in total. The van der Waals surface area contributed by atoms with E-state index >= 15 is 0 Å². The Morgan fingerprint density at radius 2 is 1.75 bits per heavy atom. The molecule has 0 radical (unpaired) electrons. The molecule has 2 heterocycles. The maximum absolute atomic E-state index is 11.4. The summed E-state index contributed by atoms with van der Waals surface area (Å²) in [5, 5.41) is 22.6. The third-order valence-corrected chi connectivity index (χ3v) is 9.18. The molecule has 2 N–H and O–H groups in total. The number of carboxylic acid groups (broad SMARTS) is 1. The molecule has 1 saturated heterocycles. The summed E-state index contributed by atoms with van der Waals surface area (Å²) in [6.45, 7) is 4.09. The Morgan fingerprint density at radius 3 is 2.45 bits per heavy atom. The van der Waals surface area contributed by atoms with Gasteiger partial charge >= 0.3 is 5.97 Å². The molecule has 40 heavy (non-hydrogen) atoms. The molecule has 3 aromatic carbocycles. The highest BCUT2D eigenvalue weighted by molar-refractivity contribution is 7.17. The standard InChI is InChI=1S/C33H34O6S/c1-21-14-27(39-26-10-12-37-13-11-26)7-8-28(21)30-20-40-31-9-2-22(15-29(30)31)19-38-25-5-3-23(4-6-25)33(18-32(35)36)16-24(34)17-33/h2-9,14-15,20,24,26,34H,10-13,16-19H2,1H3,(H,35,36)/t24-,33+. The molecule has 1 aromatic heterocycles. The summed E-state index contributed by atoms with van der Waals surface area (Å²) >= 11 is 1.74. The number of benzene rings is 3. The first kappa shape index (κ1) is 26.8. The van der Waals surface area contributed by atoms with Crippen LogP contribution < -0.4 is 9.47 Å². The maximum atomic E-state index is 11.4.